The van der Waals surface area contributed by atoms with E-state index in [0.717, 1.165) is 18.2 Å². The second-order valence-electron chi connectivity index (χ2n) is 2.84. The third-order valence-corrected chi connectivity index (χ3v) is 1.61. The summed E-state index contributed by atoms with van der Waals surface area (Å²) >= 11 is 0. The molecule has 1 aromatic rings. The monoisotopic (exact) mass is 209 g/mol. The molecule has 0 saturated heterocycles. The lowest BCUT2D eigenvalue weighted by molar-refractivity contribution is -0.115. The average molecular weight is 209 g/mol. The maximum Gasteiger partial charge on any atom is 0.296 e. The number of nitrogens with one attached hydrogen (secondary N) is 1. The van der Waals surface area contributed by atoms with Gasteiger partial charge in [-0.15, -0.1) is 0 Å². The lowest BCUT2D eigenvalue weighted by atomic mass is 10.2. The summed E-state index contributed by atoms with van der Waals surface area (Å²) in [6.45, 7) is 1.59. The predicted octanol–water partition coefficient (Wildman–Crippen LogP) is 1.60. The van der Waals surface area contributed by atoms with Gasteiger partial charge >= 0.3 is 0 Å². The number of amides is 1. The molecule has 0 aromatic heterocycles. The van der Waals surface area contributed by atoms with Gasteiger partial charge in [0.2, 0.25) is 0 Å². The molecule has 2 nitrogen and oxygen atoms in total. The first-order valence-corrected chi connectivity index (χ1v) is 4.27. The van der Waals surface area contributed by atoms with Crippen molar-refractivity contribution < 1.29 is 13.6 Å². The highest BCUT2D eigenvalue weighted by Crippen LogP contribution is 2.07. The zero-order chi connectivity index (χ0) is 11.3. The predicted molar refractivity (Wildman–Crippen MR) is 51.7 cm³/mol. The van der Waals surface area contributed by atoms with Gasteiger partial charge in [-0.1, -0.05) is 5.92 Å². The fourth-order valence-corrected chi connectivity index (χ4v) is 1.05. The number of carbonyl (C=O) groups is 1. The summed E-state index contributed by atoms with van der Waals surface area (Å²) in [6.07, 6.45) is 0. The minimum Gasteiger partial charge on any atom is -0.341 e. The van der Waals surface area contributed by atoms with E-state index in [-0.39, 0.29) is 6.54 Å². The second-order valence-corrected chi connectivity index (χ2v) is 2.84. The van der Waals surface area contributed by atoms with Gasteiger partial charge in [0, 0.05) is 12.6 Å². The van der Waals surface area contributed by atoms with E-state index in [9.17, 15) is 13.6 Å². The molecule has 0 unspecified atom stereocenters. The van der Waals surface area contributed by atoms with E-state index in [1.54, 1.807) is 0 Å². The smallest absolute Gasteiger partial charge is 0.296 e. The molecule has 0 radical (unpaired) electrons. The molecular formula is C11H9F2NO. The average Bonchev–Trinajstić information content (AvgIpc) is 2.14. The Bertz CT molecular complexity index is 412. The fraction of sp³-hybridized carbons (Fsp3) is 0.182. The number of hydrogen-bond donors (Lipinski definition) is 1. The van der Waals surface area contributed by atoms with Crippen molar-refractivity contribution in [2.24, 2.45) is 0 Å². The maximum absolute atomic E-state index is 12.7. The summed E-state index contributed by atoms with van der Waals surface area (Å²) in [5.41, 5.74) is 0.360. The molecule has 0 aliphatic carbocycles. The van der Waals surface area contributed by atoms with Crippen LogP contribution in [0.4, 0.5) is 8.78 Å². The van der Waals surface area contributed by atoms with E-state index in [4.69, 9.17) is 0 Å². The molecule has 1 amide bonds. The first-order valence-electron chi connectivity index (χ1n) is 4.27. The van der Waals surface area contributed by atoms with E-state index in [1.165, 1.54) is 6.92 Å². The van der Waals surface area contributed by atoms with Gasteiger partial charge in [-0.3, -0.25) is 4.79 Å². The quantitative estimate of drug-likeness (QED) is 0.736. The zero-order valence-electron chi connectivity index (χ0n) is 8.10. The largest absolute Gasteiger partial charge is 0.341 e. The lowest BCUT2D eigenvalue weighted by Gasteiger charge is -2.01. The molecule has 1 N–H and O–H groups in total. The molecule has 0 saturated carbocycles. The molecular weight excluding hydrogens is 200 g/mol. The highest BCUT2D eigenvalue weighted by molar-refractivity contribution is 5.93. The van der Waals surface area contributed by atoms with Crippen LogP contribution in [0.5, 0.6) is 0 Å². The molecule has 0 atom stereocenters. The van der Waals surface area contributed by atoms with Gasteiger partial charge in [0.15, 0.2) is 0 Å². The van der Waals surface area contributed by atoms with Gasteiger partial charge in [-0.05, 0) is 30.5 Å². The molecule has 0 spiro atoms. The Labute approximate surface area is 86.3 Å². The van der Waals surface area contributed by atoms with E-state index in [1.807, 2.05) is 0 Å². The van der Waals surface area contributed by atoms with Crippen molar-refractivity contribution in [2.45, 2.75) is 13.5 Å². The second kappa shape index (κ2) is 5.11. The molecule has 15 heavy (non-hydrogen) atoms. The van der Waals surface area contributed by atoms with Crippen LogP contribution in [-0.2, 0) is 11.3 Å². The Morgan fingerprint density at radius 3 is 2.47 bits per heavy atom. The van der Waals surface area contributed by atoms with E-state index < -0.39 is 17.5 Å². The Kier molecular flexibility index (Phi) is 3.81. The van der Waals surface area contributed by atoms with Crippen LogP contribution in [0.3, 0.4) is 0 Å². The third kappa shape index (κ3) is 3.77. The minimum atomic E-state index is -0.666. The molecule has 0 heterocycles. The summed E-state index contributed by atoms with van der Waals surface area (Å²) in [5.74, 6) is 2.87. The summed E-state index contributed by atoms with van der Waals surface area (Å²) in [6, 6.07) is 3.09. The van der Waals surface area contributed by atoms with Crippen molar-refractivity contribution in [3.8, 4) is 11.8 Å². The number of carbonyl (C=O) groups excluding carboxylic acids is 1. The Morgan fingerprint density at radius 2 is 1.93 bits per heavy atom. The number of rotatable bonds is 2. The van der Waals surface area contributed by atoms with Gasteiger partial charge in [0.1, 0.15) is 11.6 Å². The highest BCUT2D eigenvalue weighted by atomic mass is 19.1. The summed E-state index contributed by atoms with van der Waals surface area (Å²) in [7, 11) is 0. The molecule has 1 rings (SSSR count). The molecule has 78 valence electrons. The van der Waals surface area contributed by atoms with Crippen molar-refractivity contribution in [3.05, 3.63) is 35.4 Å². The van der Waals surface area contributed by atoms with Crippen LogP contribution >= 0.6 is 0 Å². The number of hydrogen-bond acceptors (Lipinski definition) is 1. The van der Waals surface area contributed by atoms with Gasteiger partial charge in [-0.2, -0.15) is 0 Å². The lowest BCUT2D eigenvalue weighted by Crippen LogP contribution is -2.20. The fourth-order valence-electron chi connectivity index (χ4n) is 1.05. The molecule has 1 aromatic carbocycles. The Balaban J connectivity index is 2.64. The van der Waals surface area contributed by atoms with Gasteiger partial charge in [0.25, 0.3) is 5.91 Å². The van der Waals surface area contributed by atoms with Crippen LogP contribution in [-0.4, -0.2) is 5.91 Å². The van der Waals surface area contributed by atoms with Crippen LogP contribution in [0.1, 0.15) is 12.5 Å². The molecule has 0 fully saturated rings. The zero-order valence-corrected chi connectivity index (χ0v) is 8.10. The molecule has 0 aliphatic rings. The normalized spacial score (nSPS) is 9.00. The van der Waals surface area contributed by atoms with Crippen LogP contribution in [0.2, 0.25) is 0 Å². The summed E-state index contributed by atoms with van der Waals surface area (Å²) in [5, 5.41) is 2.41. The van der Waals surface area contributed by atoms with E-state index in [2.05, 4.69) is 17.2 Å². The molecule has 0 aliphatic heterocycles. The topological polar surface area (TPSA) is 29.1 Å². The van der Waals surface area contributed by atoms with E-state index >= 15 is 0 Å². The van der Waals surface area contributed by atoms with Gasteiger partial charge in [0.05, 0.1) is 0 Å². The first-order chi connectivity index (χ1) is 7.11. The number of benzene rings is 1. The summed E-state index contributed by atoms with van der Waals surface area (Å²) in [4.78, 5) is 10.9. The standard InChI is InChI=1S/C11H9F2NO/c1-2-3-11(15)14-7-8-4-9(12)6-10(13)5-8/h4-6H,7H2,1H3,(H,14,15). The van der Waals surface area contributed by atoms with Gasteiger partial charge in [-0.25, -0.2) is 8.78 Å². The van der Waals surface area contributed by atoms with Crippen LogP contribution in [0.15, 0.2) is 18.2 Å². The maximum atomic E-state index is 12.7. The minimum absolute atomic E-state index is 0.0577. The molecule has 0 bridgehead atoms. The van der Waals surface area contributed by atoms with Crippen molar-refractivity contribution in [2.75, 3.05) is 0 Å². The van der Waals surface area contributed by atoms with Crippen LogP contribution in [0.25, 0.3) is 0 Å². The third-order valence-electron chi connectivity index (χ3n) is 1.61. The first kappa shape index (κ1) is 11.2. The van der Waals surface area contributed by atoms with Crippen LogP contribution < -0.4 is 5.32 Å². The van der Waals surface area contributed by atoms with E-state index in [0.29, 0.717) is 5.56 Å². The SMILES string of the molecule is CC#CC(=O)NCc1cc(F)cc(F)c1. The number of halogens is 2. The van der Waals surface area contributed by atoms with Crippen molar-refractivity contribution in [3.63, 3.8) is 0 Å². The summed E-state index contributed by atoms with van der Waals surface area (Å²) < 4.78 is 25.4. The van der Waals surface area contributed by atoms with Crippen molar-refractivity contribution in [1.29, 1.82) is 0 Å². The Morgan fingerprint density at radius 1 is 1.33 bits per heavy atom. The van der Waals surface area contributed by atoms with Crippen LogP contribution in [0, 0.1) is 23.5 Å². The van der Waals surface area contributed by atoms with Crippen molar-refractivity contribution >= 4 is 5.91 Å². The highest BCUT2D eigenvalue weighted by Gasteiger charge is 2.01. The van der Waals surface area contributed by atoms with Crippen molar-refractivity contribution in [1.82, 2.24) is 5.32 Å². The van der Waals surface area contributed by atoms with Gasteiger partial charge < -0.3 is 5.32 Å². The molecule has 4 heteroatoms. The Hall–Kier alpha value is -1.89.